The van der Waals surface area contributed by atoms with Gasteiger partial charge in [0.15, 0.2) is 0 Å². The van der Waals surface area contributed by atoms with E-state index >= 15 is 0 Å². The van der Waals surface area contributed by atoms with Crippen molar-refractivity contribution in [2.24, 2.45) is 5.11 Å². The second kappa shape index (κ2) is 6.57. The number of benzene rings is 2. The molecule has 0 aliphatic carbocycles. The number of azide groups is 1. The Kier molecular flexibility index (Phi) is 4.33. The molecule has 0 aliphatic heterocycles. The minimum absolute atomic E-state index is 0.331. The molecule has 0 atom stereocenters. The Bertz CT molecular complexity index is 905. The van der Waals surface area contributed by atoms with E-state index in [1.165, 1.54) is 0 Å². The maximum atomic E-state index is 8.93. The van der Waals surface area contributed by atoms with Crippen molar-refractivity contribution >= 4 is 28.2 Å². The third kappa shape index (κ3) is 3.06. The van der Waals surface area contributed by atoms with Crippen molar-refractivity contribution < 1.29 is 4.74 Å². The van der Waals surface area contributed by atoms with Crippen molar-refractivity contribution in [1.29, 1.82) is 0 Å². The van der Waals surface area contributed by atoms with Gasteiger partial charge in [0, 0.05) is 28.3 Å². The molecule has 1 aromatic heterocycles. The maximum absolute atomic E-state index is 8.93. The zero-order chi connectivity index (χ0) is 16.2. The van der Waals surface area contributed by atoms with Gasteiger partial charge in [-0.15, -0.1) is 0 Å². The van der Waals surface area contributed by atoms with Gasteiger partial charge in [0.05, 0.1) is 18.3 Å². The molecule has 0 saturated carbocycles. The molecule has 5 nitrogen and oxygen atoms in total. The number of ether oxygens (including phenoxy) is 1. The molecule has 0 N–H and O–H groups in total. The first-order valence-electron chi connectivity index (χ1n) is 6.98. The van der Waals surface area contributed by atoms with Crippen molar-refractivity contribution in [2.75, 3.05) is 7.11 Å². The lowest BCUT2D eigenvalue weighted by Crippen LogP contribution is -1.95. The van der Waals surface area contributed by atoms with Gasteiger partial charge >= 0.3 is 0 Å². The molecule has 6 heteroatoms. The molecule has 3 aromatic rings. The summed E-state index contributed by atoms with van der Waals surface area (Å²) >= 11 is 6.35. The van der Waals surface area contributed by atoms with Gasteiger partial charge in [0.2, 0.25) is 0 Å². The third-order valence-corrected chi connectivity index (χ3v) is 3.89. The fraction of sp³-hybridized carbons (Fsp3) is 0.118. The van der Waals surface area contributed by atoms with Crippen molar-refractivity contribution in [3.05, 3.63) is 75.3 Å². The first-order chi connectivity index (χ1) is 11.2. The highest BCUT2D eigenvalue weighted by atomic mass is 35.5. The standard InChI is InChI=1S/C17H13ClN4O/c1-23-12-7-8-13-15(10-12)20-17(18)14(16(13)21-22-19)9-11-5-3-2-4-6-11/h2-8,10H,9H2,1H3. The minimum atomic E-state index is 0.331. The fourth-order valence-electron chi connectivity index (χ4n) is 2.48. The van der Waals surface area contributed by atoms with E-state index in [1.807, 2.05) is 36.4 Å². The van der Waals surface area contributed by atoms with E-state index in [0.717, 1.165) is 10.9 Å². The van der Waals surface area contributed by atoms with Gasteiger partial charge < -0.3 is 4.74 Å². The molecule has 0 bridgehead atoms. The molecule has 0 unspecified atom stereocenters. The lowest BCUT2D eigenvalue weighted by atomic mass is 10.0. The lowest BCUT2D eigenvalue weighted by Gasteiger charge is -2.12. The van der Waals surface area contributed by atoms with E-state index < -0.39 is 0 Å². The number of hydrogen-bond donors (Lipinski definition) is 0. The van der Waals surface area contributed by atoms with Crippen molar-refractivity contribution in [2.45, 2.75) is 6.42 Å². The third-order valence-electron chi connectivity index (χ3n) is 3.58. The first-order valence-corrected chi connectivity index (χ1v) is 7.36. The average Bonchev–Trinajstić information content (AvgIpc) is 2.58. The largest absolute Gasteiger partial charge is 0.497 e. The molecule has 114 valence electrons. The van der Waals surface area contributed by atoms with Crippen LogP contribution >= 0.6 is 11.6 Å². The molecule has 0 saturated heterocycles. The number of rotatable bonds is 4. The Morgan fingerprint density at radius 1 is 1.22 bits per heavy atom. The smallest absolute Gasteiger partial charge is 0.133 e. The number of pyridine rings is 1. The molecule has 0 radical (unpaired) electrons. The van der Waals surface area contributed by atoms with Gasteiger partial charge in [-0.2, -0.15) is 0 Å². The zero-order valence-electron chi connectivity index (χ0n) is 12.4. The Morgan fingerprint density at radius 3 is 2.70 bits per heavy atom. The first kappa shape index (κ1) is 15.2. The quantitative estimate of drug-likeness (QED) is 0.278. The van der Waals surface area contributed by atoms with Gasteiger partial charge in [-0.3, -0.25) is 0 Å². The van der Waals surface area contributed by atoms with E-state index in [1.54, 1.807) is 19.2 Å². The van der Waals surface area contributed by atoms with Crippen LogP contribution in [-0.2, 0) is 6.42 Å². The minimum Gasteiger partial charge on any atom is -0.497 e. The van der Waals surface area contributed by atoms with Gasteiger partial charge in [0.25, 0.3) is 0 Å². The Hall–Kier alpha value is -2.75. The summed E-state index contributed by atoms with van der Waals surface area (Å²) in [5.41, 5.74) is 11.9. The highest BCUT2D eigenvalue weighted by molar-refractivity contribution is 6.31. The van der Waals surface area contributed by atoms with Gasteiger partial charge in [-0.05, 0) is 23.2 Å². The average molecular weight is 325 g/mol. The number of hydrogen-bond acceptors (Lipinski definition) is 3. The molecule has 0 spiro atoms. The normalized spacial score (nSPS) is 10.3. The van der Waals surface area contributed by atoms with E-state index in [9.17, 15) is 0 Å². The van der Waals surface area contributed by atoms with E-state index in [2.05, 4.69) is 15.0 Å². The molecular formula is C17H13ClN4O. The van der Waals surface area contributed by atoms with Crippen LogP contribution in [0.3, 0.4) is 0 Å². The molecule has 0 aliphatic rings. The van der Waals surface area contributed by atoms with E-state index in [-0.39, 0.29) is 0 Å². The van der Waals surface area contributed by atoms with Gasteiger partial charge in [-0.25, -0.2) is 4.98 Å². The highest BCUT2D eigenvalue weighted by Gasteiger charge is 2.14. The van der Waals surface area contributed by atoms with Crippen LogP contribution in [0.5, 0.6) is 5.75 Å². The summed E-state index contributed by atoms with van der Waals surface area (Å²) in [6.45, 7) is 0. The number of nitrogens with zero attached hydrogens (tertiary/aromatic N) is 4. The van der Waals surface area contributed by atoms with Crippen molar-refractivity contribution in [3.63, 3.8) is 0 Å². The molecule has 2 aromatic carbocycles. The summed E-state index contributed by atoms with van der Waals surface area (Å²) < 4.78 is 5.20. The number of aromatic nitrogens is 1. The summed E-state index contributed by atoms with van der Waals surface area (Å²) in [4.78, 5) is 7.37. The van der Waals surface area contributed by atoms with Crippen LogP contribution in [0.15, 0.2) is 53.6 Å². The molecule has 0 amide bonds. The van der Waals surface area contributed by atoms with Gasteiger partial charge in [-0.1, -0.05) is 47.0 Å². The second-order valence-electron chi connectivity index (χ2n) is 4.96. The Labute approximate surface area is 138 Å². The predicted molar refractivity (Wildman–Crippen MR) is 91.4 cm³/mol. The van der Waals surface area contributed by atoms with Crippen LogP contribution in [0.25, 0.3) is 21.3 Å². The van der Waals surface area contributed by atoms with Crippen LogP contribution in [0, 0.1) is 0 Å². The zero-order valence-corrected chi connectivity index (χ0v) is 13.2. The molecular weight excluding hydrogens is 312 g/mol. The van der Waals surface area contributed by atoms with Crippen LogP contribution in [0.4, 0.5) is 5.69 Å². The van der Waals surface area contributed by atoms with Crippen LogP contribution in [0.1, 0.15) is 11.1 Å². The van der Waals surface area contributed by atoms with Crippen LogP contribution < -0.4 is 4.74 Å². The summed E-state index contributed by atoms with van der Waals surface area (Å²) in [5.74, 6) is 0.670. The van der Waals surface area contributed by atoms with Crippen molar-refractivity contribution in [1.82, 2.24) is 4.98 Å². The molecule has 0 fully saturated rings. The molecule has 3 rings (SSSR count). The summed E-state index contributed by atoms with van der Waals surface area (Å²) in [5, 5.41) is 4.94. The monoisotopic (exact) mass is 324 g/mol. The molecule has 23 heavy (non-hydrogen) atoms. The summed E-state index contributed by atoms with van der Waals surface area (Å²) in [7, 11) is 1.58. The predicted octanol–water partition coefficient (Wildman–Crippen LogP) is 5.43. The summed E-state index contributed by atoms with van der Waals surface area (Å²) in [6.07, 6.45) is 0.545. The van der Waals surface area contributed by atoms with Crippen LogP contribution in [0.2, 0.25) is 5.15 Å². The van der Waals surface area contributed by atoms with Gasteiger partial charge in [0.1, 0.15) is 10.9 Å². The number of fused-ring (bicyclic) bond motifs is 1. The fourth-order valence-corrected chi connectivity index (χ4v) is 2.73. The second-order valence-corrected chi connectivity index (χ2v) is 5.32. The van der Waals surface area contributed by atoms with Crippen LogP contribution in [-0.4, -0.2) is 12.1 Å². The Morgan fingerprint density at radius 2 is 2.00 bits per heavy atom. The maximum Gasteiger partial charge on any atom is 0.133 e. The molecule has 1 heterocycles. The van der Waals surface area contributed by atoms with E-state index in [0.29, 0.717) is 34.1 Å². The lowest BCUT2D eigenvalue weighted by molar-refractivity contribution is 0.415. The Balaban J connectivity index is 2.22. The topological polar surface area (TPSA) is 70.9 Å². The summed E-state index contributed by atoms with van der Waals surface area (Å²) in [6, 6.07) is 15.2. The SMILES string of the molecule is COc1ccc2c(N=[N+]=[N-])c(Cc3ccccc3)c(Cl)nc2c1. The number of methoxy groups -OCH3 is 1. The highest BCUT2D eigenvalue weighted by Crippen LogP contribution is 2.36. The van der Waals surface area contributed by atoms with Crippen molar-refractivity contribution in [3.8, 4) is 5.75 Å². The number of halogens is 1. The van der Waals surface area contributed by atoms with E-state index in [4.69, 9.17) is 21.9 Å².